The molecule has 9 heteroatoms. The maximum absolute atomic E-state index is 6.27. The van der Waals surface area contributed by atoms with Crippen molar-refractivity contribution < 1.29 is 0 Å². The number of hydrogen-bond donors (Lipinski definition) is 3. The first kappa shape index (κ1) is 19.5. The number of anilines is 1. The number of halogens is 1. The molecule has 1 aromatic carbocycles. The summed E-state index contributed by atoms with van der Waals surface area (Å²) in [6.45, 7) is 5.79. The van der Waals surface area contributed by atoms with E-state index in [1.165, 1.54) is 0 Å². The first-order valence-electron chi connectivity index (χ1n) is 9.65. The Balaban J connectivity index is 1.56. The van der Waals surface area contributed by atoms with Gasteiger partial charge in [0, 0.05) is 43.0 Å². The van der Waals surface area contributed by atoms with Gasteiger partial charge in [0.05, 0.1) is 0 Å². The summed E-state index contributed by atoms with van der Waals surface area (Å²) in [7, 11) is 2.14. The largest absolute Gasteiger partial charge is 0.340 e. The van der Waals surface area contributed by atoms with E-state index in [0.29, 0.717) is 16.8 Å². The second-order valence-corrected chi connectivity index (χ2v) is 7.61. The van der Waals surface area contributed by atoms with Gasteiger partial charge in [-0.25, -0.2) is 9.98 Å². The summed E-state index contributed by atoms with van der Waals surface area (Å²) in [6, 6.07) is 9.65. The number of aromatic amines is 1. The number of likely N-dealkylation sites (N-methyl/N-ethyl adjacent to an activating group) is 1. The Morgan fingerprint density at radius 3 is 2.69 bits per heavy atom. The van der Waals surface area contributed by atoms with Crippen LogP contribution in [0.1, 0.15) is 11.3 Å². The number of guanidine groups is 2. The molecule has 0 saturated carbocycles. The molecule has 1 unspecified atom stereocenters. The van der Waals surface area contributed by atoms with E-state index in [1.807, 2.05) is 49.4 Å². The Kier molecular flexibility index (Phi) is 5.82. The third-order valence-corrected chi connectivity index (χ3v) is 5.20. The SMILES string of the molecule is Cc1cc(NC2=NC(C=Cc3ccccc3Cl)N=C(N3CCN(C)CC3)N2)n[nH]1. The quantitative estimate of drug-likeness (QED) is 0.720. The topological polar surface area (TPSA) is 83.9 Å². The Morgan fingerprint density at radius 2 is 1.97 bits per heavy atom. The van der Waals surface area contributed by atoms with E-state index >= 15 is 0 Å². The molecule has 4 rings (SSSR count). The van der Waals surface area contributed by atoms with Crippen molar-refractivity contribution >= 4 is 35.4 Å². The van der Waals surface area contributed by atoms with E-state index in [0.717, 1.165) is 43.4 Å². The summed E-state index contributed by atoms with van der Waals surface area (Å²) in [6.07, 6.45) is 3.56. The van der Waals surface area contributed by atoms with Crippen molar-refractivity contribution in [1.29, 1.82) is 0 Å². The third kappa shape index (κ3) is 4.96. The van der Waals surface area contributed by atoms with Crippen molar-refractivity contribution in [1.82, 2.24) is 25.3 Å². The number of aliphatic imine (C=N–C) groups is 2. The Hall–Kier alpha value is -2.84. The van der Waals surface area contributed by atoms with Crippen LogP contribution in [0.5, 0.6) is 0 Å². The molecular weight excluding hydrogens is 388 g/mol. The zero-order valence-corrected chi connectivity index (χ0v) is 17.3. The zero-order chi connectivity index (χ0) is 20.2. The summed E-state index contributed by atoms with van der Waals surface area (Å²) in [4.78, 5) is 14.0. The molecule has 8 nitrogen and oxygen atoms in total. The van der Waals surface area contributed by atoms with E-state index in [-0.39, 0.29) is 6.17 Å². The first-order valence-corrected chi connectivity index (χ1v) is 10.0. The van der Waals surface area contributed by atoms with Crippen LogP contribution in [0.3, 0.4) is 0 Å². The molecule has 2 aromatic rings. The molecule has 0 amide bonds. The van der Waals surface area contributed by atoms with Gasteiger partial charge in [0.2, 0.25) is 11.9 Å². The lowest BCUT2D eigenvalue weighted by molar-refractivity contribution is 0.212. The lowest BCUT2D eigenvalue weighted by Crippen LogP contribution is -2.55. The highest BCUT2D eigenvalue weighted by Crippen LogP contribution is 2.18. The van der Waals surface area contributed by atoms with Gasteiger partial charge in [-0.1, -0.05) is 35.9 Å². The van der Waals surface area contributed by atoms with Crippen LogP contribution >= 0.6 is 11.6 Å². The van der Waals surface area contributed by atoms with E-state index < -0.39 is 0 Å². The fourth-order valence-electron chi connectivity index (χ4n) is 3.19. The fraction of sp³-hybridized carbons (Fsp3) is 0.350. The van der Waals surface area contributed by atoms with Crippen molar-refractivity contribution in [3.8, 4) is 0 Å². The van der Waals surface area contributed by atoms with Crippen molar-refractivity contribution in [2.24, 2.45) is 9.98 Å². The van der Waals surface area contributed by atoms with Crippen LogP contribution in [-0.4, -0.2) is 71.3 Å². The molecular formula is C20H25ClN8. The molecule has 29 heavy (non-hydrogen) atoms. The molecule has 1 saturated heterocycles. The standard InChI is InChI=1S/C20H25ClN8/c1-14-13-18(27-26-14)23-19-22-17(8-7-15-5-3-4-6-16(15)21)24-20(25-19)29-11-9-28(2)10-12-29/h3-8,13,17H,9-12H2,1-2H3,(H3,22,23,24,25,26,27). The van der Waals surface area contributed by atoms with Crippen LogP contribution in [-0.2, 0) is 0 Å². The third-order valence-electron chi connectivity index (χ3n) is 4.85. The molecule has 1 fully saturated rings. The summed E-state index contributed by atoms with van der Waals surface area (Å²) < 4.78 is 0. The van der Waals surface area contributed by atoms with E-state index in [9.17, 15) is 0 Å². The van der Waals surface area contributed by atoms with E-state index in [2.05, 4.69) is 42.7 Å². The molecule has 0 bridgehead atoms. The van der Waals surface area contributed by atoms with Gasteiger partial charge in [-0.2, -0.15) is 5.10 Å². The molecule has 0 radical (unpaired) electrons. The van der Waals surface area contributed by atoms with Gasteiger partial charge in [-0.3, -0.25) is 10.4 Å². The molecule has 0 aliphatic carbocycles. The van der Waals surface area contributed by atoms with Crippen molar-refractivity contribution in [3.05, 3.63) is 52.7 Å². The first-order chi connectivity index (χ1) is 14.1. The van der Waals surface area contributed by atoms with Gasteiger partial charge < -0.3 is 15.1 Å². The smallest absolute Gasteiger partial charge is 0.206 e. The molecule has 152 valence electrons. The van der Waals surface area contributed by atoms with Gasteiger partial charge in [-0.15, -0.1) is 0 Å². The molecule has 0 spiro atoms. The number of aryl methyl sites for hydroxylation is 1. The summed E-state index contributed by atoms with van der Waals surface area (Å²) in [5, 5.41) is 14.4. The molecule has 3 N–H and O–H groups in total. The monoisotopic (exact) mass is 412 g/mol. The van der Waals surface area contributed by atoms with E-state index in [4.69, 9.17) is 16.6 Å². The number of H-pyrrole nitrogens is 1. The minimum Gasteiger partial charge on any atom is -0.340 e. The second-order valence-electron chi connectivity index (χ2n) is 7.20. The van der Waals surface area contributed by atoms with Crippen molar-refractivity contribution in [2.75, 3.05) is 38.5 Å². The van der Waals surface area contributed by atoms with Gasteiger partial charge >= 0.3 is 0 Å². The molecule has 1 aromatic heterocycles. The maximum atomic E-state index is 6.27. The highest BCUT2D eigenvalue weighted by atomic mass is 35.5. The van der Waals surface area contributed by atoms with E-state index in [1.54, 1.807) is 0 Å². The van der Waals surface area contributed by atoms with Crippen molar-refractivity contribution in [2.45, 2.75) is 13.1 Å². The van der Waals surface area contributed by atoms with Gasteiger partial charge in [0.25, 0.3) is 0 Å². The lowest BCUT2D eigenvalue weighted by atomic mass is 10.2. The number of benzene rings is 1. The summed E-state index contributed by atoms with van der Waals surface area (Å²) in [5.41, 5.74) is 1.92. The predicted octanol–water partition coefficient (Wildman–Crippen LogP) is 2.39. The number of piperazine rings is 1. The van der Waals surface area contributed by atoms with Gasteiger partial charge in [0.15, 0.2) is 12.0 Å². The average Bonchev–Trinajstić information content (AvgIpc) is 3.12. The summed E-state index contributed by atoms with van der Waals surface area (Å²) in [5.74, 6) is 2.15. The Bertz CT molecular complexity index is 939. The Morgan fingerprint density at radius 1 is 1.17 bits per heavy atom. The number of aromatic nitrogens is 2. The van der Waals surface area contributed by atoms with Crippen LogP contribution in [0.2, 0.25) is 5.02 Å². The fourth-order valence-corrected chi connectivity index (χ4v) is 3.39. The van der Waals surface area contributed by atoms with Crippen LogP contribution in [0.25, 0.3) is 6.08 Å². The minimum absolute atomic E-state index is 0.357. The number of hydrogen-bond acceptors (Lipinski definition) is 7. The van der Waals surface area contributed by atoms with Crippen LogP contribution in [0, 0.1) is 6.92 Å². The highest BCUT2D eigenvalue weighted by Gasteiger charge is 2.23. The number of rotatable bonds is 3. The molecule has 1 atom stereocenters. The predicted molar refractivity (Wildman–Crippen MR) is 118 cm³/mol. The van der Waals surface area contributed by atoms with Crippen LogP contribution in [0.15, 0.2) is 46.4 Å². The molecule has 2 aliphatic rings. The maximum Gasteiger partial charge on any atom is 0.206 e. The summed E-state index contributed by atoms with van der Waals surface area (Å²) >= 11 is 6.27. The normalized spacial score (nSPS) is 20.4. The lowest BCUT2D eigenvalue weighted by Gasteiger charge is -2.36. The van der Waals surface area contributed by atoms with Gasteiger partial charge in [0.1, 0.15) is 0 Å². The second kappa shape index (κ2) is 8.67. The molecule has 2 aliphatic heterocycles. The van der Waals surface area contributed by atoms with Crippen molar-refractivity contribution in [3.63, 3.8) is 0 Å². The van der Waals surface area contributed by atoms with Crippen LogP contribution < -0.4 is 10.6 Å². The highest BCUT2D eigenvalue weighted by molar-refractivity contribution is 6.32. The van der Waals surface area contributed by atoms with Gasteiger partial charge in [-0.05, 0) is 31.7 Å². The number of nitrogens with zero attached hydrogens (tertiary/aromatic N) is 5. The molecule has 3 heterocycles. The zero-order valence-electron chi connectivity index (χ0n) is 16.6. The van der Waals surface area contributed by atoms with Crippen LogP contribution in [0.4, 0.5) is 5.82 Å². The Labute approximate surface area is 175 Å². The minimum atomic E-state index is -0.357. The number of nitrogens with one attached hydrogen (secondary N) is 3. The average molecular weight is 413 g/mol.